The van der Waals surface area contributed by atoms with Crippen molar-refractivity contribution in [3.05, 3.63) is 68.4 Å². The Labute approximate surface area is 121 Å². The molecule has 18 heavy (non-hydrogen) atoms. The molecular formula is C14H9Br2FO. The van der Waals surface area contributed by atoms with E-state index in [9.17, 15) is 9.18 Å². The van der Waals surface area contributed by atoms with E-state index in [1.165, 1.54) is 6.07 Å². The van der Waals surface area contributed by atoms with Crippen LogP contribution >= 0.6 is 31.9 Å². The van der Waals surface area contributed by atoms with Crippen LogP contribution in [0.25, 0.3) is 0 Å². The molecular weight excluding hydrogens is 363 g/mol. The topological polar surface area (TPSA) is 17.1 Å². The lowest BCUT2D eigenvalue weighted by molar-refractivity contribution is 0.0992. The van der Waals surface area contributed by atoms with Crippen LogP contribution in [0, 0.1) is 5.82 Å². The van der Waals surface area contributed by atoms with Crippen molar-refractivity contribution in [2.45, 2.75) is 6.42 Å². The van der Waals surface area contributed by atoms with Crippen LogP contribution in [0.15, 0.2) is 51.4 Å². The maximum atomic E-state index is 13.1. The Balaban J connectivity index is 2.22. The van der Waals surface area contributed by atoms with Crippen molar-refractivity contribution >= 4 is 37.6 Å². The Hall–Kier alpha value is -1.00. The van der Waals surface area contributed by atoms with Gasteiger partial charge < -0.3 is 0 Å². The first-order valence-electron chi connectivity index (χ1n) is 5.29. The van der Waals surface area contributed by atoms with Gasteiger partial charge in [0.1, 0.15) is 5.82 Å². The molecule has 0 heterocycles. The van der Waals surface area contributed by atoms with Crippen molar-refractivity contribution in [1.82, 2.24) is 0 Å². The second kappa shape index (κ2) is 5.76. The van der Waals surface area contributed by atoms with Gasteiger partial charge in [-0.1, -0.05) is 40.2 Å². The lowest BCUT2D eigenvalue weighted by atomic mass is 10.0. The third-order valence-corrected chi connectivity index (χ3v) is 3.82. The number of ketones is 1. The summed E-state index contributed by atoms with van der Waals surface area (Å²) >= 11 is 6.46. The minimum Gasteiger partial charge on any atom is -0.294 e. The highest BCUT2D eigenvalue weighted by atomic mass is 79.9. The molecule has 0 fully saturated rings. The van der Waals surface area contributed by atoms with Gasteiger partial charge in [-0.2, -0.15) is 0 Å². The molecule has 0 aliphatic rings. The van der Waals surface area contributed by atoms with E-state index in [0.29, 0.717) is 10.0 Å². The Kier molecular flexibility index (Phi) is 4.30. The fourth-order valence-electron chi connectivity index (χ4n) is 1.62. The molecule has 0 unspecified atom stereocenters. The SMILES string of the molecule is O=C(Cc1ccc(F)c(Br)c1)c1ccccc1Br. The quantitative estimate of drug-likeness (QED) is 0.710. The van der Waals surface area contributed by atoms with E-state index in [4.69, 9.17) is 0 Å². The summed E-state index contributed by atoms with van der Waals surface area (Å²) in [6.45, 7) is 0. The Bertz CT molecular complexity index is 596. The van der Waals surface area contributed by atoms with Gasteiger partial charge in [-0.3, -0.25) is 4.79 Å². The van der Waals surface area contributed by atoms with Crippen molar-refractivity contribution in [3.63, 3.8) is 0 Å². The summed E-state index contributed by atoms with van der Waals surface area (Å²) in [5.41, 5.74) is 1.42. The second-order valence-corrected chi connectivity index (χ2v) is 5.54. The predicted octanol–water partition coefficient (Wildman–Crippen LogP) is 4.78. The Morgan fingerprint density at radius 1 is 1.06 bits per heavy atom. The molecule has 0 aromatic heterocycles. The molecule has 0 N–H and O–H groups in total. The van der Waals surface area contributed by atoms with Crippen molar-refractivity contribution in [1.29, 1.82) is 0 Å². The molecule has 2 aromatic rings. The van der Waals surface area contributed by atoms with Crippen molar-refractivity contribution in [2.24, 2.45) is 0 Å². The fourth-order valence-corrected chi connectivity index (χ4v) is 2.55. The zero-order valence-corrected chi connectivity index (χ0v) is 12.5. The molecule has 1 nitrogen and oxygen atoms in total. The molecule has 0 spiro atoms. The zero-order chi connectivity index (χ0) is 13.1. The van der Waals surface area contributed by atoms with Gasteiger partial charge >= 0.3 is 0 Å². The molecule has 92 valence electrons. The van der Waals surface area contributed by atoms with Gasteiger partial charge in [0.05, 0.1) is 4.47 Å². The first-order valence-corrected chi connectivity index (χ1v) is 6.88. The molecule has 0 aliphatic carbocycles. The van der Waals surface area contributed by atoms with E-state index in [1.54, 1.807) is 18.2 Å². The molecule has 4 heteroatoms. The van der Waals surface area contributed by atoms with Crippen molar-refractivity contribution in [3.8, 4) is 0 Å². The van der Waals surface area contributed by atoms with Crippen LogP contribution in [0.1, 0.15) is 15.9 Å². The number of hydrogen-bond acceptors (Lipinski definition) is 1. The molecule has 0 bridgehead atoms. The monoisotopic (exact) mass is 370 g/mol. The largest absolute Gasteiger partial charge is 0.294 e. The van der Waals surface area contributed by atoms with Crippen LogP contribution in [0.3, 0.4) is 0 Å². The van der Waals surface area contributed by atoms with Gasteiger partial charge in [-0.05, 0) is 39.7 Å². The van der Waals surface area contributed by atoms with Crippen LogP contribution in [0.4, 0.5) is 4.39 Å². The minimum atomic E-state index is -0.327. The summed E-state index contributed by atoms with van der Waals surface area (Å²) in [7, 11) is 0. The molecule has 0 amide bonds. The van der Waals surface area contributed by atoms with E-state index < -0.39 is 0 Å². The number of Topliss-reactive ketones (excluding diaryl/α,β-unsaturated/α-hetero) is 1. The molecule has 0 saturated carbocycles. The average Bonchev–Trinajstić information content (AvgIpc) is 2.34. The molecule has 0 saturated heterocycles. The summed E-state index contributed by atoms with van der Waals surface area (Å²) in [5, 5.41) is 0. The van der Waals surface area contributed by atoms with Crippen LogP contribution in [0.5, 0.6) is 0 Å². The van der Waals surface area contributed by atoms with Gasteiger partial charge in [-0.15, -0.1) is 0 Å². The smallest absolute Gasteiger partial charge is 0.168 e. The maximum Gasteiger partial charge on any atom is 0.168 e. The van der Waals surface area contributed by atoms with Crippen molar-refractivity contribution in [2.75, 3.05) is 0 Å². The van der Waals surface area contributed by atoms with E-state index in [0.717, 1.165) is 10.0 Å². The number of halogens is 3. The van der Waals surface area contributed by atoms with Gasteiger partial charge in [0.25, 0.3) is 0 Å². The lowest BCUT2D eigenvalue weighted by Crippen LogP contribution is -2.04. The normalized spacial score (nSPS) is 10.4. The summed E-state index contributed by atoms with van der Waals surface area (Å²) < 4.78 is 14.2. The summed E-state index contributed by atoms with van der Waals surface area (Å²) in [5.74, 6) is -0.326. The highest BCUT2D eigenvalue weighted by Crippen LogP contribution is 2.21. The molecule has 0 radical (unpaired) electrons. The standard InChI is InChI=1S/C14H9Br2FO/c15-11-4-2-1-3-10(11)14(18)8-9-5-6-13(17)12(16)7-9/h1-7H,8H2. The predicted molar refractivity (Wildman–Crippen MR) is 76.3 cm³/mol. The van der Waals surface area contributed by atoms with Crippen LogP contribution in [0.2, 0.25) is 0 Å². The number of hydrogen-bond donors (Lipinski definition) is 0. The molecule has 2 aromatic carbocycles. The van der Waals surface area contributed by atoms with Crippen LogP contribution in [-0.4, -0.2) is 5.78 Å². The minimum absolute atomic E-state index is 0.000910. The second-order valence-electron chi connectivity index (χ2n) is 3.83. The maximum absolute atomic E-state index is 13.1. The highest BCUT2D eigenvalue weighted by Gasteiger charge is 2.11. The van der Waals surface area contributed by atoms with E-state index in [2.05, 4.69) is 31.9 Å². The highest BCUT2D eigenvalue weighted by molar-refractivity contribution is 9.10. The number of rotatable bonds is 3. The van der Waals surface area contributed by atoms with E-state index >= 15 is 0 Å². The number of carbonyl (C=O) groups is 1. The van der Waals surface area contributed by atoms with E-state index in [1.807, 2.05) is 18.2 Å². The van der Waals surface area contributed by atoms with Gasteiger partial charge in [0, 0.05) is 16.5 Å². The number of benzene rings is 2. The van der Waals surface area contributed by atoms with Gasteiger partial charge in [-0.25, -0.2) is 4.39 Å². The van der Waals surface area contributed by atoms with Gasteiger partial charge in [0.15, 0.2) is 5.78 Å². The summed E-state index contributed by atoms with van der Waals surface area (Å²) in [6, 6.07) is 11.9. The third kappa shape index (κ3) is 3.06. The zero-order valence-electron chi connectivity index (χ0n) is 9.29. The lowest BCUT2D eigenvalue weighted by Gasteiger charge is -2.04. The molecule has 0 atom stereocenters. The molecule has 2 rings (SSSR count). The number of carbonyl (C=O) groups excluding carboxylic acids is 1. The summed E-state index contributed by atoms with van der Waals surface area (Å²) in [6.07, 6.45) is 0.251. The third-order valence-electron chi connectivity index (χ3n) is 2.52. The van der Waals surface area contributed by atoms with Crippen LogP contribution < -0.4 is 0 Å². The van der Waals surface area contributed by atoms with E-state index in [-0.39, 0.29) is 18.0 Å². The first kappa shape index (κ1) is 13.4. The summed E-state index contributed by atoms with van der Waals surface area (Å²) in [4.78, 5) is 12.1. The van der Waals surface area contributed by atoms with Gasteiger partial charge in [0.2, 0.25) is 0 Å². The Morgan fingerprint density at radius 3 is 2.44 bits per heavy atom. The fraction of sp³-hybridized carbons (Fsp3) is 0.0714. The average molecular weight is 372 g/mol. The van der Waals surface area contributed by atoms with Crippen molar-refractivity contribution < 1.29 is 9.18 Å². The molecule has 0 aliphatic heterocycles. The van der Waals surface area contributed by atoms with Crippen LogP contribution in [-0.2, 0) is 6.42 Å². The Morgan fingerprint density at radius 2 is 1.78 bits per heavy atom. The first-order chi connectivity index (χ1) is 8.58.